The van der Waals surface area contributed by atoms with Crippen LogP contribution in [0.25, 0.3) is 16.3 Å². The molecule has 3 aromatic rings. The molecule has 1 heteroatoms. The van der Waals surface area contributed by atoms with E-state index in [-0.39, 0.29) is 0 Å². The van der Waals surface area contributed by atoms with Crippen molar-refractivity contribution in [2.75, 3.05) is 13.1 Å². The molecule has 0 unspecified atom stereocenters. The lowest BCUT2D eigenvalue weighted by Crippen LogP contribution is -2.32. The van der Waals surface area contributed by atoms with E-state index in [9.17, 15) is 0 Å². The molecule has 1 nitrogen and oxygen atoms in total. The van der Waals surface area contributed by atoms with E-state index in [4.69, 9.17) is 0 Å². The summed E-state index contributed by atoms with van der Waals surface area (Å²) in [6, 6.07) is 21.0. The Morgan fingerprint density at radius 3 is 2.64 bits per heavy atom. The number of benzene rings is 3. The second kappa shape index (κ2) is 8.95. The first-order chi connectivity index (χ1) is 16.2. The Morgan fingerprint density at radius 2 is 1.73 bits per heavy atom. The van der Waals surface area contributed by atoms with Gasteiger partial charge in [-0.3, -0.25) is 4.90 Å². The third-order valence-electron chi connectivity index (χ3n) is 8.15. The lowest BCUT2D eigenvalue weighted by atomic mass is 9.78. The van der Waals surface area contributed by atoms with Gasteiger partial charge in [-0.1, -0.05) is 79.2 Å². The third-order valence-corrected chi connectivity index (χ3v) is 8.15. The van der Waals surface area contributed by atoms with Crippen LogP contribution in [0.5, 0.6) is 0 Å². The molecule has 1 fully saturated rings. The van der Waals surface area contributed by atoms with Crippen molar-refractivity contribution in [2.45, 2.75) is 58.4 Å². The molecule has 3 aliphatic rings. The monoisotopic (exact) mass is 433 g/mol. The normalized spacial score (nSPS) is 19.1. The van der Waals surface area contributed by atoms with Gasteiger partial charge >= 0.3 is 0 Å². The number of piperidine rings is 1. The average Bonchev–Trinajstić information content (AvgIpc) is 2.85. The van der Waals surface area contributed by atoms with Crippen LogP contribution in [0.2, 0.25) is 0 Å². The second-order valence-corrected chi connectivity index (χ2v) is 10.5. The van der Waals surface area contributed by atoms with E-state index in [1.807, 2.05) is 0 Å². The lowest BCUT2D eigenvalue weighted by molar-refractivity contribution is 0.185. The number of hydrogen-bond acceptors (Lipinski definition) is 1. The van der Waals surface area contributed by atoms with Crippen LogP contribution in [0, 0.1) is 5.92 Å². The number of allylic oxidation sites excluding steroid dienone is 4. The molecule has 168 valence electrons. The third kappa shape index (κ3) is 4.20. The van der Waals surface area contributed by atoms with E-state index < -0.39 is 0 Å². The highest BCUT2D eigenvalue weighted by Crippen LogP contribution is 2.41. The molecule has 1 saturated heterocycles. The van der Waals surface area contributed by atoms with Gasteiger partial charge in [-0.15, -0.1) is 0 Å². The standard InChI is InChI=1S/C32H35N/c1-23-16-18-33(19-17-23)22-25-7-4-6-24(20-25)21-28-10-5-9-27-13-14-30-29-11-3-2-8-26(29)12-15-31(30)32(27)28/h3-7,9-11,13-14,20,23H,2,8,12,15-19,21-22H2,1H3. The van der Waals surface area contributed by atoms with Crippen LogP contribution in [0.15, 0.2) is 72.3 Å². The van der Waals surface area contributed by atoms with Gasteiger partial charge < -0.3 is 0 Å². The van der Waals surface area contributed by atoms with Crippen molar-refractivity contribution in [1.82, 2.24) is 4.90 Å². The van der Waals surface area contributed by atoms with Crippen LogP contribution in [0.3, 0.4) is 0 Å². The largest absolute Gasteiger partial charge is 0.299 e. The molecule has 0 bridgehead atoms. The van der Waals surface area contributed by atoms with Gasteiger partial charge in [0, 0.05) is 6.54 Å². The maximum Gasteiger partial charge on any atom is 0.0233 e. The zero-order chi connectivity index (χ0) is 22.2. The molecule has 0 radical (unpaired) electrons. The van der Waals surface area contributed by atoms with Gasteiger partial charge in [0.2, 0.25) is 0 Å². The smallest absolute Gasteiger partial charge is 0.0233 e. The van der Waals surface area contributed by atoms with Crippen molar-refractivity contribution < 1.29 is 0 Å². The predicted molar refractivity (Wildman–Crippen MR) is 140 cm³/mol. The van der Waals surface area contributed by atoms with Gasteiger partial charge in [-0.2, -0.15) is 0 Å². The summed E-state index contributed by atoms with van der Waals surface area (Å²) >= 11 is 0. The summed E-state index contributed by atoms with van der Waals surface area (Å²) in [6.07, 6.45) is 13.3. The zero-order valence-electron chi connectivity index (χ0n) is 19.9. The van der Waals surface area contributed by atoms with E-state index in [0.29, 0.717) is 0 Å². The molecule has 0 spiro atoms. The maximum absolute atomic E-state index is 2.64. The number of hydrogen-bond donors (Lipinski definition) is 0. The van der Waals surface area contributed by atoms with Crippen molar-refractivity contribution in [3.8, 4) is 0 Å². The number of rotatable bonds is 4. The first kappa shape index (κ1) is 20.9. The van der Waals surface area contributed by atoms with Gasteiger partial charge in [0.25, 0.3) is 0 Å². The van der Waals surface area contributed by atoms with Gasteiger partial charge in [0.05, 0.1) is 0 Å². The Labute approximate surface area is 198 Å². The molecule has 0 aromatic heterocycles. The summed E-state index contributed by atoms with van der Waals surface area (Å²) in [5.41, 5.74) is 10.6. The topological polar surface area (TPSA) is 3.24 Å². The molecule has 2 aliphatic carbocycles. The number of fused-ring (bicyclic) bond motifs is 4. The van der Waals surface area contributed by atoms with Crippen LogP contribution >= 0.6 is 0 Å². The summed E-state index contributed by atoms with van der Waals surface area (Å²) in [6.45, 7) is 5.97. The van der Waals surface area contributed by atoms with Crippen molar-refractivity contribution in [2.24, 2.45) is 5.92 Å². The molecule has 3 aromatic carbocycles. The summed E-state index contributed by atoms with van der Waals surface area (Å²) in [5.74, 6) is 0.890. The minimum Gasteiger partial charge on any atom is -0.299 e. The number of likely N-dealkylation sites (tertiary alicyclic amines) is 1. The molecular weight excluding hydrogens is 398 g/mol. The highest BCUT2D eigenvalue weighted by atomic mass is 15.1. The van der Waals surface area contributed by atoms with Crippen molar-refractivity contribution in [3.63, 3.8) is 0 Å². The van der Waals surface area contributed by atoms with E-state index >= 15 is 0 Å². The van der Waals surface area contributed by atoms with Gasteiger partial charge in [0.15, 0.2) is 0 Å². The SMILES string of the molecule is CC1CCN(Cc2cccc(Cc3cccc4ccc5c(c34)CCC3=C5C=CCC3)c2)CC1. The summed E-state index contributed by atoms with van der Waals surface area (Å²) in [4.78, 5) is 2.64. The molecule has 0 saturated carbocycles. The van der Waals surface area contributed by atoms with Gasteiger partial charge in [-0.05, 0) is 108 Å². The van der Waals surface area contributed by atoms with E-state index in [2.05, 4.69) is 78.6 Å². The van der Waals surface area contributed by atoms with Crippen LogP contribution in [-0.4, -0.2) is 18.0 Å². The van der Waals surface area contributed by atoms with Gasteiger partial charge in [-0.25, -0.2) is 0 Å². The minimum atomic E-state index is 0.890. The zero-order valence-corrected chi connectivity index (χ0v) is 19.9. The Bertz CT molecular complexity index is 1240. The Kier molecular flexibility index (Phi) is 5.68. The van der Waals surface area contributed by atoms with Crippen LogP contribution < -0.4 is 0 Å². The highest BCUT2D eigenvalue weighted by Gasteiger charge is 2.22. The molecule has 0 amide bonds. The molecule has 0 N–H and O–H groups in total. The summed E-state index contributed by atoms with van der Waals surface area (Å²) in [7, 11) is 0. The first-order valence-corrected chi connectivity index (χ1v) is 13.0. The van der Waals surface area contributed by atoms with Crippen molar-refractivity contribution >= 4 is 16.3 Å². The van der Waals surface area contributed by atoms with Crippen LogP contribution in [0.4, 0.5) is 0 Å². The minimum absolute atomic E-state index is 0.890. The lowest BCUT2D eigenvalue weighted by Gasteiger charge is -2.30. The van der Waals surface area contributed by atoms with E-state index in [0.717, 1.165) is 18.9 Å². The predicted octanol–water partition coefficient (Wildman–Crippen LogP) is 7.71. The van der Waals surface area contributed by atoms with Crippen molar-refractivity contribution in [1.29, 1.82) is 0 Å². The maximum atomic E-state index is 2.64. The fraction of sp³-hybridized carbons (Fsp3) is 0.375. The Morgan fingerprint density at radius 1 is 0.879 bits per heavy atom. The molecule has 1 aliphatic heterocycles. The van der Waals surface area contributed by atoms with Crippen LogP contribution in [0.1, 0.15) is 66.8 Å². The molecule has 1 heterocycles. The molecule has 33 heavy (non-hydrogen) atoms. The van der Waals surface area contributed by atoms with E-state index in [1.165, 1.54) is 90.2 Å². The van der Waals surface area contributed by atoms with Gasteiger partial charge in [0.1, 0.15) is 0 Å². The highest BCUT2D eigenvalue weighted by molar-refractivity contribution is 5.96. The summed E-state index contributed by atoms with van der Waals surface area (Å²) in [5, 5.41) is 2.91. The number of nitrogens with zero attached hydrogens (tertiary/aromatic N) is 1. The molecular formula is C32H35N. The van der Waals surface area contributed by atoms with E-state index in [1.54, 1.807) is 11.1 Å². The fourth-order valence-electron chi connectivity index (χ4n) is 6.26. The van der Waals surface area contributed by atoms with Crippen LogP contribution in [-0.2, 0) is 19.4 Å². The summed E-state index contributed by atoms with van der Waals surface area (Å²) < 4.78 is 0. The molecule has 0 atom stereocenters. The molecule has 6 rings (SSSR count). The average molecular weight is 434 g/mol. The second-order valence-electron chi connectivity index (χ2n) is 10.5. The quantitative estimate of drug-likeness (QED) is 0.407. The first-order valence-electron chi connectivity index (χ1n) is 13.0. The van der Waals surface area contributed by atoms with Crippen molar-refractivity contribution in [3.05, 3.63) is 100 Å². The fourth-order valence-corrected chi connectivity index (χ4v) is 6.26. The number of aryl methyl sites for hydroxylation is 1. The Balaban J connectivity index is 1.32. The Hall–Kier alpha value is -2.64.